The molecule has 0 atom stereocenters. The van der Waals surface area contributed by atoms with E-state index in [0.717, 1.165) is 5.56 Å². The number of hydrogen-bond donors (Lipinski definition) is 1. The van der Waals surface area contributed by atoms with Crippen molar-refractivity contribution in [2.24, 2.45) is 0 Å². The fourth-order valence-electron chi connectivity index (χ4n) is 2.68. The number of benzene rings is 2. The van der Waals surface area contributed by atoms with Crippen molar-refractivity contribution >= 4 is 51.6 Å². The molecule has 0 amide bonds. The largest absolute Gasteiger partial charge is 0.867 e. The van der Waals surface area contributed by atoms with Crippen LogP contribution in [0.15, 0.2) is 73.1 Å². The quantitative estimate of drug-likeness (QED) is 0.167. The van der Waals surface area contributed by atoms with Crippen molar-refractivity contribution in [1.29, 1.82) is 0 Å². The Morgan fingerprint density at radius 3 is 2.34 bits per heavy atom. The average molecular weight is 426 g/mol. The van der Waals surface area contributed by atoms with Crippen LogP contribution in [0.5, 0.6) is 0 Å². The van der Waals surface area contributed by atoms with Crippen LogP contribution in [-0.4, -0.2) is 9.91 Å². The molecular weight excluding hydrogens is 410 g/mol. The third-order valence-electron chi connectivity index (χ3n) is 4.26. The van der Waals surface area contributed by atoms with Gasteiger partial charge in [0, 0.05) is 35.0 Å². The lowest BCUT2D eigenvalue weighted by molar-refractivity contribution is -0.577. The molecule has 0 spiro atoms. The number of nitrogens with zero attached hydrogens (tertiary/aromatic N) is 2. The van der Waals surface area contributed by atoms with E-state index in [1.54, 1.807) is 41.2 Å². The van der Waals surface area contributed by atoms with Gasteiger partial charge in [-0.3, -0.25) is 10.1 Å². The smallest absolute Gasteiger partial charge is 0.269 e. The first-order valence-corrected chi connectivity index (χ1v) is 9.36. The minimum absolute atomic E-state index is 0.0919. The van der Waals surface area contributed by atoms with Gasteiger partial charge in [-0.25, -0.2) is 0 Å². The lowest BCUT2D eigenvalue weighted by atomic mass is 10.1. The molecule has 1 N–H and O–H groups in total. The predicted molar refractivity (Wildman–Crippen MR) is 115 cm³/mol. The second-order valence-corrected chi connectivity index (χ2v) is 6.95. The minimum Gasteiger partial charge on any atom is -0.867 e. The van der Waals surface area contributed by atoms with Gasteiger partial charge in [-0.05, 0) is 48.1 Å². The molecule has 3 rings (SSSR count). The molecule has 0 unspecified atom stereocenters. The number of nitrogens with one attached hydrogen (secondary N) is 1. The summed E-state index contributed by atoms with van der Waals surface area (Å²) in [4.78, 5) is 10.6. The number of anilines is 1. The molecule has 1 heterocycles. The second kappa shape index (κ2) is 8.81. The Kier molecular flexibility index (Phi) is 6.21. The van der Waals surface area contributed by atoms with E-state index in [9.17, 15) is 15.2 Å². The highest BCUT2D eigenvalue weighted by atomic mass is 35.5. The zero-order valence-electron chi connectivity index (χ0n) is 15.3. The van der Waals surface area contributed by atoms with Crippen LogP contribution in [0, 0.1) is 17.0 Å². The van der Waals surface area contributed by atoms with E-state index < -0.39 is 4.92 Å². The standard InChI is InChI=1S/C21H16ClN3O3S/c1-14-17(22)6-5-7-18(14)23-21(29)19(24-12-3-2-4-13-24)20(26)15-8-10-16(11-9-15)25(27)28/h2-13H,1H3,(H-,23,26,29). The van der Waals surface area contributed by atoms with Gasteiger partial charge >= 0.3 is 0 Å². The molecule has 0 saturated carbocycles. The van der Waals surface area contributed by atoms with Crippen molar-refractivity contribution in [1.82, 2.24) is 0 Å². The summed E-state index contributed by atoms with van der Waals surface area (Å²) in [5, 5.41) is 27.8. The number of pyridine rings is 1. The van der Waals surface area contributed by atoms with E-state index in [1.807, 2.05) is 19.1 Å². The SMILES string of the molecule is Cc1c(Cl)cccc1NC(=S)/C(=C(\[O-])c1ccc([N+](=O)[O-])cc1)[n+]1ccccc1. The number of aromatic nitrogens is 1. The Labute approximate surface area is 177 Å². The van der Waals surface area contributed by atoms with Gasteiger partial charge in [0.2, 0.25) is 5.70 Å². The first-order chi connectivity index (χ1) is 13.9. The van der Waals surface area contributed by atoms with Crippen LogP contribution in [0.25, 0.3) is 11.5 Å². The lowest BCUT2D eigenvalue weighted by Crippen LogP contribution is -2.39. The van der Waals surface area contributed by atoms with E-state index in [-0.39, 0.29) is 27.7 Å². The van der Waals surface area contributed by atoms with Gasteiger partial charge in [0.05, 0.1) is 4.92 Å². The third-order valence-corrected chi connectivity index (χ3v) is 4.96. The molecule has 0 aliphatic rings. The highest BCUT2D eigenvalue weighted by Gasteiger charge is 2.20. The van der Waals surface area contributed by atoms with Gasteiger partial charge in [-0.15, -0.1) is 0 Å². The fourth-order valence-corrected chi connectivity index (χ4v) is 3.16. The van der Waals surface area contributed by atoms with Crippen LogP contribution >= 0.6 is 23.8 Å². The molecule has 0 radical (unpaired) electrons. The van der Waals surface area contributed by atoms with E-state index in [2.05, 4.69) is 5.32 Å². The number of rotatable bonds is 5. The van der Waals surface area contributed by atoms with Crippen molar-refractivity contribution in [3.05, 3.63) is 99.3 Å². The minimum atomic E-state index is -0.515. The van der Waals surface area contributed by atoms with Crippen molar-refractivity contribution < 1.29 is 14.6 Å². The number of thiocarbonyl (C=S) groups is 1. The van der Waals surface area contributed by atoms with E-state index >= 15 is 0 Å². The van der Waals surface area contributed by atoms with Gasteiger partial charge in [-0.1, -0.05) is 36.0 Å². The van der Waals surface area contributed by atoms with Crippen LogP contribution < -0.4 is 15.0 Å². The van der Waals surface area contributed by atoms with Crippen LogP contribution in [0.4, 0.5) is 11.4 Å². The normalized spacial score (nSPS) is 11.5. The highest BCUT2D eigenvalue weighted by Crippen LogP contribution is 2.25. The Morgan fingerprint density at radius 2 is 1.72 bits per heavy atom. The zero-order valence-corrected chi connectivity index (χ0v) is 16.9. The molecule has 6 nitrogen and oxygen atoms in total. The third kappa shape index (κ3) is 4.59. The number of hydrogen-bond acceptors (Lipinski definition) is 4. The fraction of sp³-hybridized carbons (Fsp3) is 0.0476. The summed E-state index contributed by atoms with van der Waals surface area (Å²) < 4.78 is 1.61. The summed E-state index contributed by atoms with van der Waals surface area (Å²) >= 11 is 11.7. The summed E-state index contributed by atoms with van der Waals surface area (Å²) in [5.74, 6) is -0.367. The first kappa shape index (κ1) is 20.4. The van der Waals surface area contributed by atoms with E-state index in [4.69, 9.17) is 23.8 Å². The number of nitro benzene ring substituents is 1. The van der Waals surface area contributed by atoms with E-state index in [1.165, 1.54) is 24.3 Å². The van der Waals surface area contributed by atoms with Crippen molar-refractivity contribution in [3.63, 3.8) is 0 Å². The summed E-state index contributed by atoms with van der Waals surface area (Å²) in [6.45, 7) is 1.85. The monoisotopic (exact) mass is 425 g/mol. The molecule has 0 saturated heterocycles. The van der Waals surface area contributed by atoms with Crippen LogP contribution in [0.1, 0.15) is 11.1 Å². The van der Waals surface area contributed by atoms with Crippen molar-refractivity contribution in [2.75, 3.05) is 5.32 Å². The van der Waals surface area contributed by atoms with Crippen molar-refractivity contribution in [2.45, 2.75) is 6.92 Å². The zero-order chi connectivity index (χ0) is 21.0. The summed E-state index contributed by atoms with van der Waals surface area (Å²) in [5.41, 5.74) is 1.90. The van der Waals surface area contributed by atoms with Gasteiger partial charge in [0.1, 0.15) is 0 Å². The van der Waals surface area contributed by atoms with Crippen LogP contribution in [0.3, 0.4) is 0 Å². The molecule has 3 aromatic rings. The molecular formula is C21H16ClN3O3S. The molecule has 0 aliphatic heterocycles. The maximum Gasteiger partial charge on any atom is 0.269 e. The maximum atomic E-state index is 13.2. The highest BCUT2D eigenvalue weighted by molar-refractivity contribution is 7.81. The van der Waals surface area contributed by atoms with Crippen LogP contribution in [0.2, 0.25) is 5.02 Å². The molecule has 8 heteroatoms. The van der Waals surface area contributed by atoms with Crippen molar-refractivity contribution in [3.8, 4) is 0 Å². The van der Waals surface area contributed by atoms with Gasteiger partial charge < -0.3 is 10.4 Å². The average Bonchev–Trinajstić information content (AvgIpc) is 2.72. The molecule has 0 bridgehead atoms. The Balaban J connectivity index is 2.07. The number of halogens is 1. The summed E-state index contributed by atoms with van der Waals surface area (Å²) in [7, 11) is 0. The molecule has 0 fully saturated rings. The predicted octanol–water partition coefficient (Wildman–Crippen LogP) is 3.97. The maximum absolute atomic E-state index is 13.2. The summed E-state index contributed by atoms with van der Waals surface area (Å²) in [6, 6.07) is 16.1. The molecule has 1 aromatic heterocycles. The second-order valence-electron chi connectivity index (χ2n) is 6.13. The van der Waals surface area contributed by atoms with Crippen LogP contribution in [-0.2, 0) is 0 Å². The van der Waals surface area contributed by atoms with Gasteiger partial charge in [-0.2, -0.15) is 4.57 Å². The number of nitro groups is 1. The number of non-ortho nitro benzene ring substituents is 1. The Hall–Kier alpha value is -3.29. The molecule has 146 valence electrons. The Bertz CT molecular complexity index is 1100. The summed E-state index contributed by atoms with van der Waals surface area (Å²) in [6.07, 6.45) is 3.41. The molecule has 2 aromatic carbocycles. The Morgan fingerprint density at radius 1 is 1.07 bits per heavy atom. The van der Waals surface area contributed by atoms with Gasteiger partial charge in [0.25, 0.3) is 5.69 Å². The lowest BCUT2D eigenvalue weighted by Gasteiger charge is -2.17. The van der Waals surface area contributed by atoms with E-state index in [0.29, 0.717) is 10.7 Å². The first-order valence-electron chi connectivity index (χ1n) is 8.57. The topological polar surface area (TPSA) is 82.1 Å². The molecule has 0 aliphatic carbocycles. The van der Waals surface area contributed by atoms with Gasteiger partial charge in [0.15, 0.2) is 17.4 Å². The molecule has 29 heavy (non-hydrogen) atoms.